The molecule has 1 amide bonds. The molecule has 0 heterocycles. The fourth-order valence-corrected chi connectivity index (χ4v) is 1.33. The number of amides is 1. The number of ether oxygens (including phenoxy) is 1. The first-order chi connectivity index (χ1) is 7.11. The molecule has 0 unspecified atom stereocenters. The van der Waals surface area contributed by atoms with Gasteiger partial charge in [0.1, 0.15) is 0 Å². The Kier molecular flexibility index (Phi) is 8.33. The van der Waals surface area contributed by atoms with Crippen molar-refractivity contribution in [1.29, 1.82) is 0 Å². The summed E-state index contributed by atoms with van der Waals surface area (Å²) < 4.78 is 4.89. The lowest BCUT2D eigenvalue weighted by molar-refractivity contribution is -0.130. The van der Waals surface area contributed by atoms with Crippen molar-refractivity contribution in [2.24, 2.45) is 5.92 Å². The summed E-state index contributed by atoms with van der Waals surface area (Å²) in [7, 11) is 1.65. The SMILES string of the molecule is CCN(CC(C)C)C(=O)CNCCOC. The molecule has 0 saturated carbocycles. The van der Waals surface area contributed by atoms with Crippen LogP contribution in [0.4, 0.5) is 0 Å². The normalized spacial score (nSPS) is 10.7. The summed E-state index contributed by atoms with van der Waals surface area (Å²) >= 11 is 0. The zero-order valence-corrected chi connectivity index (χ0v) is 10.4. The molecule has 0 aromatic rings. The molecular weight excluding hydrogens is 192 g/mol. The molecule has 0 atom stereocenters. The van der Waals surface area contributed by atoms with E-state index in [1.54, 1.807) is 7.11 Å². The molecule has 0 aromatic heterocycles. The molecule has 0 aromatic carbocycles. The predicted molar refractivity (Wildman–Crippen MR) is 61.8 cm³/mol. The van der Waals surface area contributed by atoms with Crippen molar-refractivity contribution in [3.63, 3.8) is 0 Å². The van der Waals surface area contributed by atoms with Gasteiger partial charge in [0, 0.05) is 26.7 Å². The lowest BCUT2D eigenvalue weighted by atomic mass is 10.2. The number of hydrogen-bond donors (Lipinski definition) is 1. The maximum atomic E-state index is 11.7. The monoisotopic (exact) mass is 216 g/mol. The van der Waals surface area contributed by atoms with Gasteiger partial charge in [0.15, 0.2) is 0 Å². The smallest absolute Gasteiger partial charge is 0.236 e. The van der Waals surface area contributed by atoms with Crippen molar-refractivity contribution in [2.75, 3.05) is 39.9 Å². The minimum Gasteiger partial charge on any atom is -0.383 e. The molecule has 4 heteroatoms. The first-order valence-corrected chi connectivity index (χ1v) is 5.59. The second-order valence-electron chi connectivity index (χ2n) is 4.00. The highest BCUT2D eigenvalue weighted by Crippen LogP contribution is 1.98. The first-order valence-electron chi connectivity index (χ1n) is 5.59. The highest BCUT2D eigenvalue weighted by Gasteiger charge is 2.11. The fourth-order valence-electron chi connectivity index (χ4n) is 1.33. The van der Waals surface area contributed by atoms with Crippen LogP contribution in [0.2, 0.25) is 0 Å². The number of methoxy groups -OCH3 is 1. The number of nitrogens with zero attached hydrogens (tertiary/aromatic N) is 1. The molecule has 0 aliphatic heterocycles. The van der Waals surface area contributed by atoms with Crippen molar-refractivity contribution in [3.05, 3.63) is 0 Å². The highest BCUT2D eigenvalue weighted by atomic mass is 16.5. The van der Waals surface area contributed by atoms with Gasteiger partial charge in [-0.2, -0.15) is 0 Å². The van der Waals surface area contributed by atoms with E-state index in [1.165, 1.54) is 0 Å². The molecule has 0 aliphatic carbocycles. The van der Waals surface area contributed by atoms with Crippen LogP contribution in [0, 0.1) is 5.92 Å². The zero-order chi connectivity index (χ0) is 11.7. The van der Waals surface area contributed by atoms with Crippen LogP contribution in [0.5, 0.6) is 0 Å². The summed E-state index contributed by atoms with van der Waals surface area (Å²) in [4.78, 5) is 13.6. The van der Waals surface area contributed by atoms with Crippen LogP contribution in [0.15, 0.2) is 0 Å². The van der Waals surface area contributed by atoms with Gasteiger partial charge in [-0.1, -0.05) is 13.8 Å². The van der Waals surface area contributed by atoms with Crippen molar-refractivity contribution in [1.82, 2.24) is 10.2 Å². The molecule has 15 heavy (non-hydrogen) atoms. The van der Waals surface area contributed by atoms with Gasteiger partial charge < -0.3 is 15.0 Å². The first kappa shape index (κ1) is 14.4. The maximum absolute atomic E-state index is 11.7. The maximum Gasteiger partial charge on any atom is 0.236 e. The average molecular weight is 216 g/mol. The van der Waals surface area contributed by atoms with Crippen molar-refractivity contribution < 1.29 is 9.53 Å². The van der Waals surface area contributed by atoms with Gasteiger partial charge >= 0.3 is 0 Å². The van der Waals surface area contributed by atoms with Crippen LogP contribution in [-0.2, 0) is 9.53 Å². The van der Waals surface area contributed by atoms with E-state index >= 15 is 0 Å². The van der Waals surface area contributed by atoms with Crippen LogP contribution in [-0.4, -0.2) is 50.7 Å². The van der Waals surface area contributed by atoms with Gasteiger partial charge in [-0.3, -0.25) is 4.79 Å². The summed E-state index contributed by atoms with van der Waals surface area (Å²) in [5, 5.41) is 3.06. The Labute approximate surface area is 93.0 Å². The van der Waals surface area contributed by atoms with Gasteiger partial charge in [-0.25, -0.2) is 0 Å². The van der Waals surface area contributed by atoms with E-state index in [1.807, 2.05) is 11.8 Å². The fraction of sp³-hybridized carbons (Fsp3) is 0.909. The summed E-state index contributed by atoms with van der Waals surface area (Å²) in [6, 6.07) is 0. The van der Waals surface area contributed by atoms with E-state index in [-0.39, 0.29) is 5.91 Å². The molecule has 4 nitrogen and oxygen atoms in total. The van der Waals surface area contributed by atoms with E-state index in [0.29, 0.717) is 19.1 Å². The Bertz CT molecular complexity index is 172. The summed E-state index contributed by atoms with van der Waals surface area (Å²) in [6.45, 7) is 9.64. The molecule has 0 aliphatic rings. The number of nitrogens with one attached hydrogen (secondary N) is 1. The van der Waals surface area contributed by atoms with Crippen LogP contribution in [0.25, 0.3) is 0 Å². The minimum absolute atomic E-state index is 0.169. The number of hydrogen-bond acceptors (Lipinski definition) is 3. The Balaban J connectivity index is 3.73. The highest BCUT2D eigenvalue weighted by molar-refractivity contribution is 5.78. The molecule has 0 fully saturated rings. The Morgan fingerprint density at radius 1 is 1.47 bits per heavy atom. The molecule has 90 valence electrons. The summed E-state index contributed by atoms with van der Waals surface area (Å²) in [6.07, 6.45) is 0. The third kappa shape index (κ3) is 7.33. The van der Waals surface area contributed by atoms with Crippen LogP contribution in [0.1, 0.15) is 20.8 Å². The lowest BCUT2D eigenvalue weighted by Gasteiger charge is -2.23. The molecule has 0 spiro atoms. The van der Waals surface area contributed by atoms with Gasteiger partial charge in [0.05, 0.1) is 13.2 Å². The molecule has 0 bridgehead atoms. The Hall–Kier alpha value is -0.610. The largest absolute Gasteiger partial charge is 0.383 e. The number of carbonyl (C=O) groups is 1. The zero-order valence-electron chi connectivity index (χ0n) is 10.4. The van der Waals surface area contributed by atoms with E-state index in [0.717, 1.165) is 19.6 Å². The number of likely N-dealkylation sites (N-methyl/N-ethyl adjacent to an activating group) is 1. The molecule has 1 N–H and O–H groups in total. The number of carbonyl (C=O) groups excluding carboxylic acids is 1. The summed E-state index contributed by atoms with van der Waals surface area (Å²) in [5.74, 6) is 0.690. The third-order valence-corrected chi connectivity index (χ3v) is 2.08. The van der Waals surface area contributed by atoms with Gasteiger partial charge in [-0.05, 0) is 12.8 Å². The standard InChI is InChI=1S/C11H24N2O2/c1-5-13(9-10(2)3)11(14)8-12-6-7-15-4/h10,12H,5-9H2,1-4H3. The van der Waals surface area contributed by atoms with Gasteiger partial charge in [0.2, 0.25) is 5.91 Å². The van der Waals surface area contributed by atoms with E-state index in [9.17, 15) is 4.79 Å². The molecular formula is C11H24N2O2. The second-order valence-corrected chi connectivity index (χ2v) is 4.00. The van der Waals surface area contributed by atoms with Crippen molar-refractivity contribution in [3.8, 4) is 0 Å². The predicted octanol–water partition coefficient (Wildman–Crippen LogP) is 0.727. The van der Waals surface area contributed by atoms with Crippen LogP contribution < -0.4 is 5.32 Å². The second kappa shape index (κ2) is 8.68. The third-order valence-electron chi connectivity index (χ3n) is 2.08. The Morgan fingerprint density at radius 3 is 2.60 bits per heavy atom. The van der Waals surface area contributed by atoms with E-state index in [4.69, 9.17) is 4.74 Å². The van der Waals surface area contributed by atoms with Crippen molar-refractivity contribution in [2.45, 2.75) is 20.8 Å². The van der Waals surface area contributed by atoms with E-state index in [2.05, 4.69) is 19.2 Å². The quantitative estimate of drug-likeness (QED) is 0.608. The number of rotatable bonds is 8. The van der Waals surface area contributed by atoms with E-state index < -0.39 is 0 Å². The average Bonchev–Trinajstić information content (AvgIpc) is 2.20. The van der Waals surface area contributed by atoms with Gasteiger partial charge in [0.25, 0.3) is 0 Å². The van der Waals surface area contributed by atoms with Gasteiger partial charge in [-0.15, -0.1) is 0 Å². The summed E-state index contributed by atoms with van der Waals surface area (Å²) in [5.41, 5.74) is 0. The minimum atomic E-state index is 0.169. The van der Waals surface area contributed by atoms with Crippen LogP contribution >= 0.6 is 0 Å². The Morgan fingerprint density at radius 2 is 2.13 bits per heavy atom. The lowest BCUT2D eigenvalue weighted by Crippen LogP contribution is -2.40. The molecule has 0 radical (unpaired) electrons. The molecule has 0 saturated heterocycles. The molecule has 0 rings (SSSR count). The topological polar surface area (TPSA) is 41.6 Å². The van der Waals surface area contributed by atoms with Crippen LogP contribution in [0.3, 0.4) is 0 Å². The van der Waals surface area contributed by atoms with Crippen molar-refractivity contribution >= 4 is 5.91 Å².